The first-order valence-corrected chi connectivity index (χ1v) is 7.13. The van der Waals surface area contributed by atoms with Gasteiger partial charge in [0.1, 0.15) is 6.04 Å². The first kappa shape index (κ1) is 12.9. The van der Waals surface area contributed by atoms with E-state index in [1.165, 1.54) is 4.90 Å². The van der Waals surface area contributed by atoms with Crippen molar-refractivity contribution in [1.82, 2.24) is 20.0 Å². The van der Waals surface area contributed by atoms with Gasteiger partial charge >= 0.3 is 6.09 Å². The van der Waals surface area contributed by atoms with Crippen LogP contribution in [0, 0.1) is 0 Å². The number of aromatic amines is 1. The van der Waals surface area contributed by atoms with Crippen LogP contribution in [0.3, 0.4) is 0 Å². The van der Waals surface area contributed by atoms with E-state index in [4.69, 9.17) is 4.52 Å². The van der Waals surface area contributed by atoms with Gasteiger partial charge in [0.15, 0.2) is 0 Å². The second-order valence-electron chi connectivity index (χ2n) is 5.33. The summed E-state index contributed by atoms with van der Waals surface area (Å²) in [6, 6.07) is 7.43. The van der Waals surface area contributed by atoms with Crippen LogP contribution in [0.25, 0.3) is 22.3 Å². The highest BCUT2D eigenvalue weighted by atomic mass is 16.5. The lowest BCUT2D eigenvalue weighted by Gasteiger charge is -2.17. The molecule has 1 atom stereocenters. The Morgan fingerprint density at radius 1 is 1.41 bits per heavy atom. The van der Waals surface area contributed by atoms with Gasteiger partial charge < -0.3 is 14.6 Å². The van der Waals surface area contributed by atoms with Crippen LogP contribution in [-0.4, -0.2) is 37.8 Å². The zero-order chi connectivity index (χ0) is 15.1. The first-order chi connectivity index (χ1) is 10.7. The number of nitrogens with one attached hydrogen (secondary N) is 1. The number of fused-ring (bicyclic) bond motifs is 1. The van der Waals surface area contributed by atoms with Crippen LogP contribution in [-0.2, 0) is 0 Å². The molecule has 1 unspecified atom stereocenters. The smallest absolute Gasteiger partial charge is 0.407 e. The molecule has 22 heavy (non-hydrogen) atoms. The monoisotopic (exact) mass is 298 g/mol. The van der Waals surface area contributed by atoms with Crippen LogP contribution in [0.15, 0.2) is 35.0 Å². The molecule has 0 radical (unpaired) electrons. The van der Waals surface area contributed by atoms with Crippen molar-refractivity contribution in [3.63, 3.8) is 0 Å². The third kappa shape index (κ3) is 1.93. The van der Waals surface area contributed by atoms with E-state index in [1.807, 2.05) is 30.5 Å². The van der Waals surface area contributed by atoms with E-state index in [9.17, 15) is 9.90 Å². The highest BCUT2D eigenvalue weighted by molar-refractivity contribution is 5.93. The van der Waals surface area contributed by atoms with Crippen LogP contribution in [0.2, 0.25) is 0 Å². The number of hydrogen-bond donors (Lipinski definition) is 2. The number of benzene rings is 1. The molecule has 1 amide bonds. The van der Waals surface area contributed by atoms with Gasteiger partial charge in [-0.05, 0) is 25.0 Å². The minimum Gasteiger partial charge on any atom is -0.465 e. The Bertz CT molecular complexity index is 838. The predicted molar refractivity (Wildman–Crippen MR) is 78.3 cm³/mol. The van der Waals surface area contributed by atoms with Gasteiger partial charge in [0.05, 0.1) is 0 Å². The Labute approximate surface area is 125 Å². The molecule has 4 rings (SSSR count). The van der Waals surface area contributed by atoms with Crippen molar-refractivity contribution < 1.29 is 14.4 Å². The van der Waals surface area contributed by atoms with Gasteiger partial charge in [-0.25, -0.2) is 4.79 Å². The minimum absolute atomic E-state index is 0.343. The van der Waals surface area contributed by atoms with Crippen LogP contribution in [0.1, 0.15) is 24.8 Å². The quantitative estimate of drug-likeness (QED) is 0.758. The molecule has 7 heteroatoms. The lowest BCUT2D eigenvalue weighted by molar-refractivity contribution is 0.131. The van der Waals surface area contributed by atoms with Gasteiger partial charge in [0.2, 0.25) is 11.7 Å². The molecule has 0 spiro atoms. The zero-order valence-corrected chi connectivity index (χ0v) is 11.7. The summed E-state index contributed by atoms with van der Waals surface area (Å²) in [5, 5.41) is 14.3. The second kappa shape index (κ2) is 4.87. The maximum absolute atomic E-state index is 11.2. The summed E-state index contributed by atoms with van der Waals surface area (Å²) in [5.74, 6) is 0.847. The van der Waals surface area contributed by atoms with Crippen molar-refractivity contribution in [3.8, 4) is 11.4 Å². The summed E-state index contributed by atoms with van der Waals surface area (Å²) in [6.45, 7) is 0.505. The third-order valence-corrected chi connectivity index (χ3v) is 4.06. The summed E-state index contributed by atoms with van der Waals surface area (Å²) in [4.78, 5) is 20.2. The van der Waals surface area contributed by atoms with Crippen molar-refractivity contribution >= 4 is 17.0 Å². The molecule has 3 heterocycles. The molecule has 2 N–H and O–H groups in total. The standard InChI is InChI=1S/C15H14N4O3/c20-15(21)19-8-2-5-12(19)14-17-13(18-22-14)10-3-1-4-11-9(10)6-7-16-11/h1,3-4,6-7,12,16H,2,5,8H2,(H,20,21). The number of likely N-dealkylation sites (tertiary alicyclic amines) is 1. The number of hydrogen-bond acceptors (Lipinski definition) is 4. The summed E-state index contributed by atoms with van der Waals surface area (Å²) in [7, 11) is 0. The molecule has 0 saturated carbocycles. The molecular weight excluding hydrogens is 284 g/mol. The zero-order valence-electron chi connectivity index (χ0n) is 11.7. The molecule has 0 bridgehead atoms. The fraction of sp³-hybridized carbons (Fsp3) is 0.267. The van der Waals surface area contributed by atoms with E-state index in [2.05, 4.69) is 15.1 Å². The summed E-state index contributed by atoms with van der Waals surface area (Å²) >= 11 is 0. The van der Waals surface area contributed by atoms with Crippen molar-refractivity contribution in [2.45, 2.75) is 18.9 Å². The Hall–Kier alpha value is -2.83. The normalized spacial score (nSPS) is 18.2. The fourth-order valence-electron chi connectivity index (χ4n) is 3.01. The SMILES string of the molecule is O=C(O)N1CCCC1c1nc(-c2cccc3[nH]ccc23)no1. The minimum atomic E-state index is -0.949. The average molecular weight is 298 g/mol. The van der Waals surface area contributed by atoms with Gasteiger partial charge in [-0.3, -0.25) is 4.90 Å². The summed E-state index contributed by atoms with van der Waals surface area (Å²) < 4.78 is 5.33. The van der Waals surface area contributed by atoms with Gasteiger partial charge in [-0.2, -0.15) is 4.98 Å². The lowest BCUT2D eigenvalue weighted by Crippen LogP contribution is -2.28. The predicted octanol–water partition coefficient (Wildman–Crippen LogP) is 3.03. The van der Waals surface area contributed by atoms with Gasteiger partial charge in [-0.1, -0.05) is 17.3 Å². The third-order valence-electron chi connectivity index (χ3n) is 4.06. The molecule has 1 saturated heterocycles. The van der Waals surface area contributed by atoms with E-state index in [1.54, 1.807) is 0 Å². The molecule has 1 aromatic carbocycles. The van der Waals surface area contributed by atoms with Crippen LogP contribution in [0.5, 0.6) is 0 Å². The molecule has 0 aliphatic carbocycles. The van der Waals surface area contributed by atoms with E-state index >= 15 is 0 Å². The van der Waals surface area contributed by atoms with Crippen molar-refractivity contribution in [2.75, 3.05) is 6.54 Å². The highest BCUT2D eigenvalue weighted by Crippen LogP contribution is 2.33. The summed E-state index contributed by atoms with van der Waals surface area (Å²) in [5.41, 5.74) is 1.87. The number of carboxylic acid groups (broad SMARTS) is 1. The van der Waals surface area contributed by atoms with Crippen molar-refractivity contribution in [1.29, 1.82) is 0 Å². The molecular formula is C15H14N4O3. The van der Waals surface area contributed by atoms with E-state index < -0.39 is 6.09 Å². The lowest BCUT2D eigenvalue weighted by atomic mass is 10.1. The van der Waals surface area contributed by atoms with E-state index in [0.717, 1.165) is 22.9 Å². The van der Waals surface area contributed by atoms with Crippen LogP contribution >= 0.6 is 0 Å². The largest absolute Gasteiger partial charge is 0.465 e. The molecule has 1 fully saturated rings. The average Bonchev–Trinajstić information content (AvgIpc) is 3.25. The molecule has 1 aliphatic rings. The number of H-pyrrole nitrogens is 1. The van der Waals surface area contributed by atoms with Crippen LogP contribution < -0.4 is 0 Å². The molecule has 1 aliphatic heterocycles. The van der Waals surface area contributed by atoms with Gasteiger partial charge in [-0.15, -0.1) is 0 Å². The molecule has 7 nitrogen and oxygen atoms in total. The maximum atomic E-state index is 11.2. The second-order valence-corrected chi connectivity index (χ2v) is 5.33. The molecule has 112 valence electrons. The van der Waals surface area contributed by atoms with Gasteiger partial charge in [0, 0.05) is 29.2 Å². The summed E-state index contributed by atoms with van der Waals surface area (Å²) in [6.07, 6.45) is 2.43. The number of amides is 1. The number of carbonyl (C=O) groups is 1. The Balaban J connectivity index is 1.73. The maximum Gasteiger partial charge on any atom is 0.407 e. The van der Waals surface area contributed by atoms with Crippen molar-refractivity contribution in [2.24, 2.45) is 0 Å². The van der Waals surface area contributed by atoms with Gasteiger partial charge in [0.25, 0.3) is 0 Å². The van der Waals surface area contributed by atoms with E-state index in [-0.39, 0.29) is 6.04 Å². The first-order valence-electron chi connectivity index (χ1n) is 7.13. The van der Waals surface area contributed by atoms with Crippen LogP contribution in [0.4, 0.5) is 4.79 Å². The number of aromatic nitrogens is 3. The highest BCUT2D eigenvalue weighted by Gasteiger charge is 2.34. The fourth-order valence-corrected chi connectivity index (χ4v) is 3.01. The Kier molecular flexibility index (Phi) is 2.85. The number of nitrogens with zero attached hydrogens (tertiary/aromatic N) is 3. The van der Waals surface area contributed by atoms with Crippen molar-refractivity contribution in [3.05, 3.63) is 36.4 Å². The molecule has 3 aromatic rings. The topological polar surface area (TPSA) is 95.2 Å². The van der Waals surface area contributed by atoms with E-state index in [0.29, 0.717) is 24.7 Å². The molecule has 2 aromatic heterocycles. The number of rotatable bonds is 2. The Morgan fingerprint density at radius 2 is 2.32 bits per heavy atom. The Morgan fingerprint density at radius 3 is 3.18 bits per heavy atom.